The molecule has 8 heteroatoms. The summed E-state index contributed by atoms with van der Waals surface area (Å²) in [7, 11) is 0. The summed E-state index contributed by atoms with van der Waals surface area (Å²) in [6.07, 6.45) is 3.76. The number of nitrogens with zero attached hydrogens (tertiary/aromatic N) is 2. The molecule has 0 spiro atoms. The molecule has 27 heavy (non-hydrogen) atoms. The molecule has 1 aromatic carbocycles. The first kappa shape index (κ1) is 24.1. The molecule has 1 heterocycles. The highest BCUT2D eigenvalue weighted by atomic mass is 35.5. The lowest BCUT2D eigenvalue weighted by Crippen LogP contribution is -2.51. The van der Waals surface area contributed by atoms with Gasteiger partial charge in [-0.1, -0.05) is 12.5 Å². The second kappa shape index (κ2) is 10.6. The van der Waals surface area contributed by atoms with Crippen LogP contribution in [0.15, 0.2) is 18.2 Å². The second-order valence-electron chi connectivity index (χ2n) is 7.33. The largest absolute Gasteiger partial charge is 0.340 e. The molecule has 0 bridgehead atoms. The van der Waals surface area contributed by atoms with E-state index in [1.165, 1.54) is 12.1 Å². The van der Waals surface area contributed by atoms with E-state index in [4.69, 9.17) is 5.73 Å². The van der Waals surface area contributed by atoms with Gasteiger partial charge in [0.1, 0.15) is 11.6 Å². The van der Waals surface area contributed by atoms with E-state index in [9.17, 15) is 13.6 Å². The van der Waals surface area contributed by atoms with Crippen molar-refractivity contribution in [2.24, 2.45) is 11.7 Å². The number of piperazine rings is 1. The van der Waals surface area contributed by atoms with Crippen molar-refractivity contribution in [3.8, 4) is 0 Å². The van der Waals surface area contributed by atoms with Crippen LogP contribution in [0.4, 0.5) is 8.78 Å². The van der Waals surface area contributed by atoms with Crippen LogP contribution in [0.3, 0.4) is 0 Å². The van der Waals surface area contributed by atoms with Gasteiger partial charge in [0.2, 0.25) is 5.91 Å². The van der Waals surface area contributed by atoms with Gasteiger partial charge >= 0.3 is 0 Å². The summed E-state index contributed by atoms with van der Waals surface area (Å²) in [4.78, 5) is 16.8. The van der Waals surface area contributed by atoms with Gasteiger partial charge in [0.25, 0.3) is 0 Å². The standard InChI is InChI=1S/C19H27F2N3O.2ClH/c1-13(17-6-5-15(20)12-18(17)21)23-7-9-24(10-8-23)19(25)14-3-2-4-16(22)11-14;;/h5-6,12-14,16H,2-4,7-11,22H2,1H3;2*1H. The molecule has 154 valence electrons. The molecule has 4 nitrogen and oxygen atoms in total. The third-order valence-corrected chi connectivity index (χ3v) is 5.65. The third kappa shape index (κ3) is 5.76. The summed E-state index contributed by atoms with van der Waals surface area (Å²) in [5.41, 5.74) is 6.50. The molecule has 2 fully saturated rings. The SMILES string of the molecule is CC(c1ccc(F)cc1F)N1CCN(C(=O)C2CCCC(N)C2)CC1.Cl.Cl. The Kier molecular flexibility index (Phi) is 9.42. The van der Waals surface area contributed by atoms with Crippen LogP contribution in [0.5, 0.6) is 0 Å². The van der Waals surface area contributed by atoms with Gasteiger partial charge in [0.05, 0.1) is 0 Å². The summed E-state index contributed by atoms with van der Waals surface area (Å²) < 4.78 is 27.1. The fourth-order valence-electron chi connectivity index (χ4n) is 4.08. The first-order valence-corrected chi connectivity index (χ1v) is 9.19. The molecule has 1 aliphatic carbocycles. The molecule has 0 aromatic heterocycles. The molecular weight excluding hydrogens is 395 g/mol. The minimum atomic E-state index is -0.561. The fraction of sp³-hybridized carbons (Fsp3) is 0.632. The Hall–Kier alpha value is -0.950. The Morgan fingerprint density at radius 3 is 2.41 bits per heavy atom. The highest BCUT2D eigenvalue weighted by molar-refractivity contribution is 5.85. The lowest BCUT2D eigenvalue weighted by molar-refractivity contribution is -0.138. The lowest BCUT2D eigenvalue weighted by atomic mass is 9.85. The number of hydrogen-bond donors (Lipinski definition) is 1. The van der Waals surface area contributed by atoms with E-state index >= 15 is 0 Å². The monoisotopic (exact) mass is 423 g/mol. The van der Waals surface area contributed by atoms with E-state index in [-0.39, 0.29) is 48.7 Å². The van der Waals surface area contributed by atoms with E-state index in [0.29, 0.717) is 31.7 Å². The van der Waals surface area contributed by atoms with Crippen molar-refractivity contribution in [3.63, 3.8) is 0 Å². The summed E-state index contributed by atoms with van der Waals surface area (Å²) in [6, 6.07) is 3.74. The molecule has 1 saturated heterocycles. The van der Waals surface area contributed by atoms with Gasteiger partial charge in [0, 0.05) is 55.8 Å². The number of carbonyl (C=O) groups is 1. The Bertz CT molecular complexity index is 627. The van der Waals surface area contributed by atoms with Crippen molar-refractivity contribution in [1.82, 2.24) is 9.80 Å². The zero-order chi connectivity index (χ0) is 18.0. The maximum Gasteiger partial charge on any atom is 0.225 e. The molecule has 2 aliphatic rings. The Morgan fingerprint density at radius 2 is 1.81 bits per heavy atom. The van der Waals surface area contributed by atoms with Gasteiger partial charge in [0.15, 0.2) is 0 Å². The van der Waals surface area contributed by atoms with Crippen LogP contribution in [-0.4, -0.2) is 47.9 Å². The van der Waals surface area contributed by atoms with Crippen molar-refractivity contribution >= 4 is 30.7 Å². The fourth-order valence-corrected chi connectivity index (χ4v) is 4.08. The van der Waals surface area contributed by atoms with Crippen LogP contribution in [0, 0.1) is 17.6 Å². The Morgan fingerprint density at radius 1 is 1.15 bits per heavy atom. The van der Waals surface area contributed by atoms with Crippen molar-refractivity contribution in [1.29, 1.82) is 0 Å². The minimum Gasteiger partial charge on any atom is -0.340 e. The maximum absolute atomic E-state index is 14.0. The molecule has 0 radical (unpaired) electrons. The molecule has 2 N–H and O–H groups in total. The van der Waals surface area contributed by atoms with Crippen LogP contribution in [-0.2, 0) is 4.79 Å². The zero-order valence-corrected chi connectivity index (χ0v) is 17.2. The predicted octanol–water partition coefficient (Wildman–Crippen LogP) is 3.53. The third-order valence-electron chi connectivity index (χ3n) is 5.65. The van der Waals surface area contributed by atoms with Gasteiger partial charge in [-0.05, 0) is 32.3 Å². The number of benzene rings is 1. The first-order valence-electron chi connectivity index (χ1n) is 9.19. The number of amides is 1. The van der Waals surface area contributed by atoms with Crippen LogP contribution in [0.1, 0.15) is 44.2 Å². The zero-order valence-electron chi connectivity index (χ0n) is 15.6. The normalized spacial score (nSPS) is 24.5. The predicted molar refractivity (Wildman–Crippen MR) is 107 cm³/mol. The van der Waals surface area contributed by atoms with Crippen molar-refractivity contribution in [3.05, 3.63) is 35.4 Å². The highest BCUT2D eigenvalue weighted by Crippen LogP contribution is 2.27. The Balaban J connectivity index is 0.00000182. The molecule has 1 amide bonds. The number of halogens is 4. The minimum absolute atomic E-state index is 0. The molecule has 3 rings (SSSR count). The smallest absolute Gasteiger partial charge is 0.225 e. The maximum atomic E-state index is 14.0. The van der Waals surface area contributed by atoms with Gasteiger partial charge in [-0.2, -0.15) is 0 Å². The molecule has 1 aromatic rings. The summed E-state index contributed by atoms with van der Waals surface area (Å²) >= 11 is 0. The molecule has 1 aliphatic heterocycles. The number of rotatable bonds is 3. The molecular formula is C19H29Cl2F2N3O. The molecule has 3 unspecified atom stereocenters. The van der Waals surface area contributed by atoms with Gasteiger partial charge in [-0.25, -0.2) is 8.78 Å². The average molecular weight is 424 g/mol. The topological polar surface area (TPSA) is 49.6 Å². The van der Waals surface area contributed by atoms with E-state index in [2.05, 4.69) is 4.90 Å². The molecule has 3 atom stereocenters. The van der Waals surface area contributed by atoms with Crippen molar-refractivity contribution in [2.45, 2.75) is 44.7 Å². The van der Waals surface area contributed by atoms with Gasteiger partial charge in [-0.3, -0.25) is 9.69 Å². The van der Waals surface area contributed by atoms with Crippen LogP contribution in [0.25, 0.3) is 0 Å². The van der Waals surface area contributed by atoms with E-state index < -0.39 is 11.6 Å². The van der Waals surface area contributed by atoms with E-state index in [0.717, 1.165) is 31.7 Å². The van der Waals surface area contributed by atoms with Gasteiger partial charge < -0.3 is 10.6 Å². The van der Waals surface area contributed by atoms with Gasteiger partial charge in [-0.15, -0.1) is 24.8 Å². The first-order chi connectivity index (χ1) is 12.0. The number of hydrogen-bond acceptors (Lipinski definition) is 3. The van der Waals surface area contributed by atoms with Crippen molar-refractivity contribution in [2.75, 3.05) is 26.2 Å². The quantitative estimate of drug-likeness (QED) is 0.808. The highest BCUT2D eigenvalue weighted by Gasteiger charge is 2.32. The van der Waals surface area contributed by atoms with E-state index in [1.807, 2.05) is 11.8 Å². The number of nitrogens with two attached hydrogens (primary N) is 1. The van der Waals surface area contributed by atoms with Crippen LogP contribution in [0.2, 0.25) is 0 Å². The number of carbonyl (C=O) groups excluding carboxylic acids is 1. The summed E-state index contributed by atoms with van der Waals surface area (Å²) in [6.45, 7) is 4.62. The second-order valence-corrected chi connectivity index (χ2v) is 7.33. The average Bonchev–Trinajstić information content (AvgIpc) is 2.61. The lowest BCUT2D eigenvalue weighted by Gasteiger charge is -2.40. The molecule has 1 saturated carbocycles. The Labute approximate surface area is 172 Å². The van der Waals surface area contributed by atoms with Crippen molar-refractivity contribution < 1.29 is 13.6 Å². The van der Waals surface area contributed by atoms with Crippen LogP contribution >= 0.6 is 24.8 Å². The summed E-state index contributed by atoms with van der Waals surface area (Å²) in [5.74, 6) is -0.797. The van der Waals surface area contributed by atoms with Crippen LogP contribution < -0.4 is 5.73 Å². The van der Waals surface area contributed by atoms with E-state index in [1.54, 1.807) is 0 Å². The summed E-state index contributed by atoms with van der Waals surface area (Å²) in [5, 5.41) is 0.